The fourth-order valence-electron chi connectivity index (χ4n) is 3.03. The van der Waals surface area contributed by atoms with E-state index in [4.69, 9.17) is 0 Å². The minimum Gasteiger partial charge on any atom is -0.361 e. The summed E-state index contributed by atoms with van der Waals surface area (Å²) < 4.78 is 27.1. The first-order valence-corrected chi connectivity index (χ1v) is 10.7. The van der Waals surface area contributed by atoms with Gasteiger partial charge < -0.3 is 10.3 Å². The predicted octanol–water partition coefficient (Wildman–Crippen LogP) is 2.81. The number of amides is 1. The van der Waals surface area contributed by atoms with Gasteiger partial charge in [-0.25, -0.2) is 13.1 Å². The molecule has 0 saturated carbocycles. The number of H-pyrrole nitrogens is 1. The van der Waals surface area contributed by atoms with Gasteiger partial charge in [0, 0.05) is 36.6 Å². The van der Waals surface area contributed by atoms with Crippen LogP contribution in [0.4, 0.5) is 0 Å². The highest BCUT2D eigenvalue weighted by atomic mass is 32.2. The van der Waals surface area contributed by atoms with Crippen LogP contribution in [0, 0.1) is 13.8 Å². The minimum atomic E-state index is -3.61. The lowest BCUT2D eigenvalue weighted by Crippen LogP contribution is -2.31. The van der Waals surface area contributed by atoms with Crippen molar-refractivity contribution in [1.29, 1.82) is 0 Å². The Kier molecular flexibility index (Phi) is 6.16. The molecular weight excluding hydrogens is 374 g/mol. The topological polar surface area (TPSA) is 91.1 Å². The SMILES string of the molecule is Cc1ccc(S(=O)(=O)NCCC(=O)NCCc2c[nH]c3ccccc23)cc1C. The van der Waals surface area contributed by atoms with Crippen molar-refractivity contribution in [3.63, 3.8) is 0 Å². The average molecular weight is 400 g/mol. The normalized spacial score (nSPS) is 11.6. The largest absolute Gasteiger partial charge is 0.361 e. The van der Waals surface area contributed by atoms with Gasteiger partial charge in [0.15, 0.2) is 0 Å². The van der Waals surface area contributed by atoms with E-state index >= 15 is 0 Å². The molecule has 0 spiro atoms. The lowest BCUT2D eigenvalue weighted by molar-refractivity contribution is -0.120. The zero-order chi connectivity index (χ0) is 20.1. The van der Waals surface area contributed by atoms with Crippen LogP contribution in [0.2, 0.25) is 0 Å². The lowest BCUT2D eigenvalue weighted by atomic mass is 10.1. The zero-order valence-corrected chi connectivity index (χ0v) is 16.9. The Morgan fingerprint density at radius 1 is 1.04 bits per heavy atom. The second kappa shape index (κ2) is 8.58. The number of carbonyl (C=O) groups excluding carboxylic acids is 1. The number of aromatic nitrogens is 1. The van der Waals surface area contributed by atoms with Gasteiger partial charge in [0.25, 0.3) is 0 Å². The quantitative estimate of drug-likeness (QED) is 0.544. The van der Waals surface area contributed by atoms with E-state index < -0.39 is 10.0 Å². The number of carbonyl (C=O) groups is 1. The second-order valence-corrected chi connectivity index (χ2v) is 8.62. The van der Waals surface area contributed by atoms with Gasteiger partial charge in [-0.3, -0.25) is 4.79 Å². The molecule has 6 nitrogen and oxygen atoms in total. The highest BCUT2D eigenvalue weighted by Crippen LogP contribution is 2.17. The monoisotopic (exact) mass is 399 g/mol. The van der Waals surface area contributed by atoms with E-state index in [-0.39, 0.29) is 23.8 Å². The molecule has 7 heteroatoms. The van der Waals surface area contributed by atoms with Crippen molar-refractivity contribution in [3.05, 3.63) is 65.4 Å². The number of benzene rings is 2. The summed E-state index contributed by atoms with van der Waals surface area (Å²) in [4.78, 5) is 15.4. The van der Waals surface area contributed by atoms with Crippen molar-refractivity contribution >= 4 is 26.8 Å². The van der Waals surface area contributed by atoms with Crippen molar-refractivity contribution in [3.8, 4) is 0 Å². The smallest absolute Gasteiger partial charge is 0.240 e. The molecule has 0 aliphatic rings. The van der Waals surface area contributed by atoms with E-state index in [9.17, 15) is 13.2 Å². The van der Waals surface area contributed by atoms with Crippen molar-refractivity contribution in [1.82, 2.24) is 15.0 Å². The Balaban J connectivity index is 1.44. The molecule has 28 heavy (non-hydrogen) atoms. The van der Waals surface area contributed by atoms with E-state index in [1.54, 1.807) is 18.2 Å². The predicted molar refractivity (Wildman–Crippen MR) is 111 cm³/mol. The van der Waals surface area contributed by atoms with E-state index in [2.05, 4.69) is 15.0 Å². The first kappa shape index (κ1) is 20.1. The molecule has 148 valence electrons. The fraction of sp³-hybridized carbons (Fsp3) is 0.286. The highest BCUT2D eigenvalue weighted by molar-refractivity contribution is 7.89. The van der Waals surface area contributed by atoms with Gasteiger partial charge in [-0.1, -0.05) is 24.3 Å². The number of aromatic amines is 1. The van der Waals surface area contributed by atoms with Gasteiger partial charge in [0.1, 0.15) is 0 Å². The minimum absolute atomic E-state index is 0.0637. The molecule has 1 heterocycles. The molecule has 0 aliphatic carbocycles. The van der Waals surface area contributed by atoms with Crippen molar-refractivity contribution < 1.29 is 13.2 Å². The van der Waals surface area contributed by atoms with Gasteiger partial charge >= 0.3 is 0 Å². The van der Waals surface area contributed by atoms with Crippen molar-refractivity contribution in [2.75, 3.05) is 13.1 Å². The molecule has 0 bridgehead atoms. The number of sulfonamides is 1. The number of aryl methyl sites for hydroxylation is 2. The molecule has 0 radical (unpaired) electrons. The highest BCUT2D eigenvalue weighted by Gasteiger charge is 2.15. The number of rotatable bonds is 8. The van der Waals surface area contributed by atoms with Crippen molar-refractivity contribution in [2.45, 2.75) is 31.6 Å². The first-order valence-electron chi connectivity index (χ1n) is 9.25. The number of para-hydroxylation sites is 1. The van der Waals surface area contributed by atoms with Crippen LogP contribution in [0.5, 0.6) is 0 Å². The Bertz CT molecular complexity index is 1090. The van der Waals surface area contributed by atoms with Crippen LogP contribution < -0.4 is 10.0 Å². The first-order chi connectivity index (χ1) is 13.4. The summed E-state index contributed by atoms with van der Waals surface area (Å²) in [6.45, 7) is 4.37. The van der Waals surface area contributed by atoms with Crippen LogP contribution >= 0.6 is 0 Å². The van der Waals surface area contributed by atoms with E-state index in [0.29, 0.717) is 13.0 Å². The van der Waals surface area contributed by atoms with Crippen LogP contribution in [-0.4, -0.2) is 32.4 Å². The molecule has 0 fully saturated rings. The van der Waals surface area contributed by atoms with Gasteiger partial charge in [0.05, 0.1) is 4.90 Å². The number of hydrogen-bond donors (Lipinski definition) is 3. The molecular formula is C21H25N3O3S. The lowest BCUT2D eigenvalue weighted by Gasteiger charge is -2.09. The number of fused-ring (bicyclic) bond motifs is 1. The number of nitrogens with one attached hydrogen (secondary N) is 3. The molecule has 3 aromatic rings. The van der Waals surface area contributed by atoms with Crippen LogP contribution in [-0.2, 0) is 21.2 Å². The summed E-state index contributed by atoms with van der Waals surface area (Å²) in [6.07, 6.45) is 2.76. The Morgan fingerprint density at radius 3 is 2.61 bits per heavy atom. The van der Waals surface area contributed by atoms with Crippen LogP contribution in [0.3, 0.4) is 0 Å². The zero-order valence-electron chi connectivity index (χ0n) is 16.1. The van der Waals surface area contributed by atoms with Gasteiger partial charge in [-0.2, -0.15) is 0 Å². The summed E-state index contributed by atoms with van der Waals surface area (Å²) in [5.74, 6) is -0.178. The molecule has 3 rings (SSSR count). The Morgan fingerprint density at radius 2 is 1.82 bits per heavy atom. The fourth-order valence-corrected chi connectivity index (χ4v) is 4.14. The molecule has 0 aliphatic heterocycles. The second-order valence-electron chi connectivity index (χ2n) is 6.85. The molecule has 0 atom stereocenters. The van der Waals surface area contributed by atoms with E-state index in [0.717, 1.165) is 27.6 Å². The Hall–Kier alpha value is -2.64. The summed E-state index contributed by atoms with van der Waals surface area (Å²) in [5, 5.41) is 3.99. The Labute approximate surface area is 165 Å². The van der Waals surface area contributed by atoms with Crippen LogP contribution in [0.25, 0.3) is 10.9 Å². The van der Waals surface area contributed by atoms with Crippen LogP contribution in [0.15, 0.2) is 53.6 Å². The standard InChI is InChI=1S/C21H25N3O3S/c1-15-7-8-18(13-16(15)2)28(26,27)24-12-10-21(25)22-11-9-17-14-23-20-6-4-3-5-19(17)20/h3-8,13-14,23-24H,9-12H2,1-2H3,(H,22,25). The third-order valence-corrected chi connectivity index (χ3v) is 6.28. The molecule has 2 aromatic carbocycles. The summed E-state index contributed by atoms with van der Waals surface area (Å²) >= 11 is 0. The summed E-state index contributed by atoms with van der Waals surface area (Å²) in [7, 11) is -3.61. The maximum absolute atomic E-state index is 12.3. The van der Waals surface area contributed by atoms with Gasteiger partial charge in [-0.15, -0.1) is 0 Å². The molecule has 1 aromatic heterocycles. The van der Waals surface area contributed by atoms with E-state index in [1.807, 2.05) is 44.3 Å². The third kappa shape index (κ3) is 4.79. The number of hydrogen-bond acceptors (Lipinski definition) is 3. The maximum Gasteiger partial charge on any atom is 0.240 e. The molecule has 0 unspecified atom stereocenters. The van der Waals surface area contributed by atoms with E-state index in [1.165, 1.54) is 0 Å². The average Bonchev–Trinajstić information content (AvgIpc) is 3.07. The van der Waals surface area contributed by atoms with Gasteiger partial charge in [0.2, 0.25) is 15.9 Å². The van der Waals surface area contributed by atoms with Crippen LogP contribution in [0.1, 0.15) is 23.1 Å². The van der Waals surface area contributed by atoms with Gasteiger partial charge in [-0.05, 0) is 55.2 Å². The summed E-state index contributed by atoms with van der Waals surface area (Å²) in [6, 6.07) is 13.0. The molecule has 1 amide bonds. The molecule has 3 N–H and O–H groups in total. The maximum atomic E-state index is 12.3. The summed E-state index contributed by atoms with van der Waals surface area (Å²) in [5.41, 5.74) is 4.17. The molecule has 0 saturated heterocycles. The third-order valence-electron chi connectivity index (χ3n) is 4.82. The van der Waals surface area contributed by atoms with Crippen molar-refractivity contribution in [2.24, 2.45) is 0 Å².